The largest absolute Gasteiger partial charge is 0.338 e. The molecule has 1 aromatic carbocycles. The number of hydrogen-bond donors (Lipinski definition) is 1. The Hall–Kier alpha value is -1.63. The van der Waals surface area contributed by atoms with Crippen LogP contribution >= 0.6 is 24.0 Å². The topological polar surface area (TPSA) is 77.0 Å². The number of carbonyl (C=O) groups excluding carboxylic acids is 1. The van der Waals surface area contributed by atoms with E-state index in [-0.39, 0.29) is 35.5 Å². The highest BCUT2D eigenvalue weighted by molar-refractivity contribution is 6.32. The smallest absolute Gasteiger partial charge is 0.293 e. The van der Waals surface area contributed by atoms with Crippen LogP contribution in [0, 0.1) is 5.41 Å². The molecule has 0 radical (unpaired) electrons. The lowest BCUT2D eigenvalue weighted by molar-refractivity contribution is 0.0728. The molecular formula is C18H27Cl2N5O. The predicted octanol–water partition coefficient (Wildman–Crippen LogP) is 3.52. The maximum Gasteiger partial charge on any atom is 0.293 e. The van der Waals surface area contributed by atoms with E-state index in [9.17, 15) is 4.79 Å². The molecule has 0 aliphatic rings. The minimum absolute atomic E-state index is 0. The molecule has 0 saturated carbocycles. The van der Waals surface area contributed by atoms with E-state index in [2.05, 4.69) is 10.1 Å². The Morgan fingerprint density at radius 3 is 2.50 bits per heavy atom. The van der Waals surface area contributed by atoms with Gasteiger partial charge in [0.25, 0.3) is 5.91 Å². The highest BCUT2D eigenvalue weighted by atomic mass is 35.5. The first-order valence-electron chi connectivity index (χ1n) is 8.33. The molecular weight excluding hydrogens is 373 g/mol. The van der Waals surface area contributed by atoms with E-state index >= 15 is 0 Å². The van der Waals surface area contributed by atoms with Gasteiger partial charge in [-0.05, 0) is 24.1 Å². The van der Waals surface area contributed by atoms with Crippen LogP contribution in [0.15, 0.2) is 24.3 Å². The highest BCUT2D eigenvalue weighted by Gasteiger charge is 2.26. The molecule has 8 heteroatoms. The number of nitrogens with two attached hydrogens (primary N) is 1. The van der Waals surface area contributed by atoms with E-state index in [1.807, 2.05) is 45.9 Å². The Bertz CT molecular complexity index is 758. The summed E-state index contributed by atoms with van der Waals surface area (Å²) in [6, 6.07) is 7.38. The van der Waals surface area contributed by atoms with Crippen molar-refractivity contribution in [3.8, 4) is 5.69 Å². The SMILES string of the molecule is CC(C)c1nc(C(=O)N(C)CC(C)(C)CN)nn1-c1ccccc1Cl.Cl. The van der Waals surface area contributed by atoms with Gasteiger partial charge in [-0.15, -0.1) is 17.5 Å². The minimum Gasteiger partial charge on any atom is -0.338 e. The number of hydrogen-bond acceptors (Lipinski definition) is 4. The van der Waals surface area contributed by atoms with Gasteiger partial charge in [-0.25, -0.2) is 9.67 Å². The molecule has 1 aromatic heterocycles. The van der Waals surface area contributed by atoms with Crippen molar-refractivity contribution >= 4 is 29.9 Å². The second-order valence-electron chi connectivity index (χ2n) is 7.34. The normalized spacial score (nSPS) is 11.4. The molecule has 0 unspecified atom stereocenters. The van der Waals surface area contributed by atoms with Crippen LogP contribution in [0.25, 0.3) is 5.69 Å². The Morgan fingerprint density at radius 1 is 1.35 bits per heavy atom. The van der Waals surface area contributed by atoms with Gasteiger partial charge in [-0.1, -0.05) is 51.4 Å². The molecule has 0 atom stereocenters. The zero-order valence-corrected chi connectivity index (χ0v) is 17.4. The van der Waals surface area contributed by atoms with Gasteiger partial charge in [0.15, 0.2) is 0 Å². The van der Waals surface area contributed by atoms with E-state index in [1.165, 1.54) is 0 Å². The first kappa shape index (κ1) is 22.4. The average Bonchev–Trinajstić information content (AvgIpc) is 2.99. The van der Waals surface area contributed by atoms with Crippen LogP contribution in [0.3, 0.4) is 0 Å². The number of rotatable bonds is 6. The Labute approximate surface area is 166 Å². The number of carbonyl (C=O) groups is 1. The summed E-state index contributed by atoms with van der Waals surface area (Å²) in [5, 5.41) is 5.00. The fraction of sp³-hybridized carbons (Fsp3) is 0.500. The number of amides is 1. The summed E-state index contributed by atoms with van der Waals surface area (Å²) in [7, 11) is 1.74. The third-order valence-corrected chi connectivity index (χ3v) is 4.30. The standard InChI is InChI=1S/C18H26ClN5O.ClH/c1-12(2)16-21-15(17(25)23(5)11-18(3,4)10-20)22-24(16)14-9-7-6-8-13(14)19;/h6-9,12H,10-11,20H2,1-5H3;1H. The maximum absolute atomic E-state index is 12.8. The zero-order valence-electron chi connectivity index (χ0n) is 15.9. The lowest BCUT2D eigenvalue weighted by atomic mass is 9.93. The molecule has 0 saturated heterocycles. The second kappa shape index (κ2) is 8.84. The van der Waals surface area contributed by atoms with Gasteiger partial charge in [0.05, 0.1) is 10.7 Å². The summed E-state index contributed by atoms with van der Waals surface area (Å²) < 4.78 is 1.65. The van der Waals surface area contributed by atoms with Crippen molar-refractivity contribution in [3.63, 3.8) is 0 Å². The van der Waals surface area contributed by atoms with E-state index < -0.39 is 0 Å². The molecule has 2 aromatic rings. The van der Waals surface area contributed by atoms with E-state index in [1.54, 1.807) is 22.7 Å². The number of nitrogens with zero attached hydrogens (tertiary/aromatic N) is 4. The van der Waals surface area contributed by atoms with Crippen molar-refractivity contribution < 1.29 is 4.79 Å². The van der Waals surface area contributed by atoms with Crippen LogP contribution < -0.4 is 5.73 Å². The Balaban J connectivity index is 0.00000338. The molecule has 0 aliphatic heterocycles. The quantitative estimate of drug-likeness (QED) is 0.805. The van der Waals surface area contributed by atoms with Crippen molar-refractivity contribution in [3.05, 3.63) is 40.9 Å². The molecule has 6 nitrogen and oxygen atoms in total. The van der Waals surface area contributed by atoms with Crippen LogP contribution in [0.5, 0.6) is 0 Å². The second-order valence-corrected chi connectivity index (χ2v) is 7.75. The molecule has 26 heavy (non-hydrogen) atoms. The van der Waals surface area contributed by atoms with Crippen molar-refractivity contribution in [1.82, 2.24) is 19.7 Å². The monoisotopic (exact) mass is 399 g/mol. The molecule has 2 N–H and O–H groups in total. The first-order chi connectivity index (χ1) is 11.7. The number of halogens is 2. The van der Waals surface area contributed by atoms with E-state index in [4.69, 9.17) is 17.3 Å². The summed E-state index contributed by atoms with van der Waals surface area (Å²) in [5.74, 6) is 0.729. The molecule has 2 rings (SSSR count). The van der Waals surface area contributed by atoms with Crippen LogP contribution in [0.2, 0.25) is 5.02 Å². The molecule has 1 amide bonds. The number of aromatic nitrogens is 3. The summed E-state index contributed by atoms with van der Waals surface area (Å²) in [4.78, 5) is 18.8. The molecule has 144 valence electrons. The number of benzene rings is 1. The van der Waals surface area contributed by atoms with Gasteiger partial charge in [0, 0.05) is 19.5 Å². The van der Waals surface area contributed by atoms with Gasteiger partial charge >= 0.3 is 0 Å². The third kappa shape index (κ3) is 4.96. The molecule has 0 aliphatic carbocycles. The van der Waals surface area contributed by atoms with E-state index in [0.29, 0.717) is 29.6 Å². The summed E-state index contributed by atoms with van der Waals surface area (Å²) >= 11 is 6.29. The van der Waals surface area contributed by atoms with Crippen LogP contribution in [0.4, 0.5) is 0 Å². The van der Waals surface area contributed by atoms with Gasteiger partial charge in [-0.2, -0.15) is 0 Å². The van der Waals surface area contributed by atoms with Crippen molar-refractivity contribution in [2.24, 2.45) is 11.1 Å². The minimum atomic E-state index is -0.228. The fourth-order valence-corrected chi connectivity index (χ4v) is 2.75. The van der Waals surface area contributed by atoms with Gasteiger partial charge in [0.1, 0.15) is 5.82 Å². The van der Waals surface area contributed by atoms with Crippen LogP contribution in [0.1, 0.15) is 50.1 Å². The van der Waals surface area contributed by atoms with Crippen LogP contribution in [-0.4, -0.2) is 45.7 Å². The zero-order chi connectivity index (χ0) is 18.8. The summed E-state index contributed by atoms with van der Waals surface area (Å²) in [6.45, 7) is 9.07. The number of para-hydroxylation sites is 1. The van der Waals surface area contributed by atoms with Crippen molar-refractivity contribution in [1.29, 1.82) is 0 Å². The molecule has 0 fully saturated rings. The van der Waals surface area contributed by atoms with Gasteiger partial charge in [0.2, 0.25) is 5.82 Å². The third-order valence-electron chi connectivity index (χ3n) is 3.98. The van der Waals surface area contributed by atoms with E-state index in [0.717, 1.165) is 0 Å². The Kier molecular flexibility index (Phi) is 7.62. The molecule has 0 bridgehead atoms. The first-order valence-corrected chi connectivity index (χ1v) is 8.71. The summed E-state index contributed by atoms with van der Waals surface area (Å²) in [6.07, 6.45) is 0. The lowest BCUT2D eigenvalue weighted by Gasteiger charge is -2.28. The fourth-order valence-electron chi connectivity index (χ4n) is 2.54. The summed E-state index contributed by atoms with van der Waals surface area (Å²) in [5.41, 5.74) is 6.31. The predicted molar refractivity (Wildman–Crippen MR) is 108 cm³/mol. The maximum atomic E-state index is 12.8. The Morgan fingerprint density at radius 2 is 1.96 bits per heavy atom. The van der Waals surface area contributed by atoms with Crippen molar-refractivity contribution in [2.45, 2.75) is 33.6 Å². The van der Waals surface area contributed by atoms with Gasteiger partial charge < -0.3 is 10.6 Å². The van der Waals surface area contributed by atoms with Crippen molar-refractivity contribution in [2.75, 3.05) is 20.1 Å². The average molecular weight is 400 g/mol. The molecule has 0 spiro atoms. The van der Waals surface area contributed by atoms with Gasteiger partial charge in [-0.3, -0.25) is 4.79 Å². The lowest BCUT2D eigenvalue weighted by Crippen LogP contribution is -2.40. The molecule has 1 heterocycles. The van der Waals surface area contributed by atoms with Crippen LogP contribution in [-0.2, 0) is 0 Å². The highest BCUT2D eigenvalue weighted by Crippen LogP contribution is 2.24.